The Hall–Kier alpha value is -2.04. The molecule has 1 aliphatic rings. The van der Waals surface area contributed by atoms with Gasteiger partial charge in [-0.15, -0.1) is 0 Å². The molecule has 1 amide bonds. The van der Waals surface area contributed by atoms with Crippen LogP contribution in [-0.2, 0) is 4.79 Å². The zero-order valence-corrected chi connectivity index (χ0v) is 11.1. The van der Waals surface area contributed by atoms with Gasteiger partial charge in [0.25, 0.3) is 5.91 Å². The maximum Gasteiger partial charge on any atom is 0.308 e. The summed E-state index contributed by atoms with van der Waals surface area (Å²) >= 11 is 0. The third kappa shape index (κ3) is 2.41. The minimum Gasteiger partial charge on any atom is -0.481 e. The van der Waals surface area contributed by atoms with Crippen molar-refractivity contribution in [2.75, 3.05) is 12.3 Å². The predicted molar refractivity (Wildman–Crippen MR) is 71.8 cm³/mol. The van der Waals surface area contributed by atoms with Gasteiger partial charge in [-0.25, -0.2) is 0 Å². The van der Waals surface area contributed by atoms with Gasteiger partial charge in [0.2, 0.25) is 0 Å². The SMILES string of the molecule is Cc1cc(C(=O)N2CCC(C(=O)O)C2C)ccc1N. The van der Waals surface area contributed by atoms with Crippen LogP contribution in [0.15, 0.2) is 18.2 Å². The summed E-state index contributed by atoms with van der Waals surface area (Å²) in [5.41, 5.74) is 7.79. The third-order valence-electron chi connectivity index (χ3n) is 3.85. The Labute approximate surface area is 112 Å². The van der Waals surface area contributed by atoms with Crippen molar-refractivity contribution in [2.45, 2.75) is 26.3 Å². The molecular formula is C14H18N2O3. The lowest BCUT2D eigenvalue weighted by Crippen LogP contribution is -2.37. The van der Waals surface area contributed by atoms with Crippen LogP contribution in [0.3, 0.4) is 0 Å². The Morgan fingerprint density at radius 1 is 1.42 bits per heavy atom. The van der Waals surface area contributed by atoms with Crippen molar-refractivity contribution in [3.05, 3.63) is 29.3 Å². The van der Waals surface area contributed by atoms with E-state index in [9.17, 15) is 9.59 Å². The molecule has 102 valence electrons. The van der Waals surface area contributed by atoms with Crippen LogP contribution in [-0.4, -0.2) is 34.5 Å². The number of aryl methyl sites for hydroxylation is 1. The highest BCUT2D eigenvalue weighted by molar-refractivity contribution is 5.95. The van der Waals surface area contributed by atoms with Gasteiger partial charge in [-0.1, -0.05) is 0 Å². The van der Waals surface area contributed by atoms with E-state index in [0.29, 0.717) is 24.2 Å². The number of hydrogen-bond donors (Lipinski definition) is 2. The van der Waals surface area contributed by atoms with Crippen LogP contribution in [0, 0.1) is 12.8 Å². The van der Waals surface area contributed by atoms with Crippen LogP contribution in [0.2, 0.25) is 0 Å². The van der Waals surface area contributed by atoms with Gasteiger partial charge >= 0.3 is 5.97 Å². The number of benzene rings is 1. The molecule has 1 saturated heterocycles. The molecule has 1 aromatic carbocycles. The van der Waals surface area contributed by atoms with Crippen molar-refractivity contribution < 1.29 is 14.7 Å². The number of hydrogen-bond acceptors (Lipinski definition) is 3. The van der Waals surface area contributed by atoms with Gasteiger partial charge < -0.3 is 15.7 Å². The highest BCUT2D eigenvalue weighted by Crippen LogP contribution is 2.26. The van der Waals surface area contributed by atoms with Crippen molar-refractivity contribution in [1.29, 1.82) is 0 Å². The first-order valence-corrected chi connectivity index (χ1v) is 6.31. The smallest absolute Gasteiger partial charge is 0.308 e. The van der Waals surface area contributed by atoms with Gasteiger partial charge in [0.15, 0.2) is 0 Å². The fourth-order valence-corrected chi connectivity index (χ4v) is 2.53. The predicted octanol–water partition coefficient (Wildman–Crippen LogP) is 1.51. The normalized spacial score (nSPS) is 22.5. The van der Waals surface area contributed by atoms with Crippen LogP contribution < -0.4 is 5.73 Å². The Bertz CT molecular complexity index is 527. The molecule has 2 rings (SSSR count). The van der Waals surface area contributed by atoms with Crippen LogP contribution in [0.1, 0.15) is 29.3 Å². The summed E-state index contributed by atoms with van der Waals surface area (Å²) in [7, 11) is 0. The second-order valence-electron chi connectivity index (χ2n) is 5.04. The molecule has 0 bridgehead atoms. The number of aliphatic carboxylic acids is 1. The molecule has 0 spiro atoms. The first-order chi connectivity index (χ1) is 8.91. The quantitative estimate of drug-likeness (QED) is 0.791. The van der Waals surface area contributed by atoms with Crippen molar-refractivity contribution in [1.82, 2.24) is 4.90 Å². The number of anilines is 1. The Balaban J connectivity index is 2.21. The molecule has 1 heterocycles. The minimum absolute atomic E-state index is 0.126. The minimum atomic E-state index is -0.837. The number of amides is 1. The number of nitrogens with zero attached hydrogens (tertiary/aromatic N) is 1. The van der Waals surface area contributed by atoms with E-state index in [2.05, 4.69) is 0 Å². The second kappa shape index (κ2) is 4.91. The number of carbonyl (C=O) groups is 2. The average molecular weight is 262 g/mol. The summed E-state index contributed by atoms with van der Waals surface area (Å²) in [4.78, 5) is 25.1. The van der Waals surface area contributed by atoms with E-state index in [0.717, 1.165) is 5.56 Å². The number of rotatable bonds is 2. The van der Waals surface area contributed by atoms with Crippen LogP contribution in [0.5, 0.6) is 0 Å². The number of carboxylic acid groups (broad SMARTS) is 1. The molecule has 0 aliphatic carbocycles. The summed E-state index contributed by atoms with van der Waals surface area (Å²) in [6, 6.07) is 4.87. The number of carbonyl (C=O) groups excluding carboxylic acids is 1. The molecular weight excluding hydrogens is 244 g/mol. The van der Waals surface area contributed by atoms with E-state index in [1.54, 1.807) is 30.0 Å². The van der Waals surface area contributed by atoms with E-state index in [-0.39, 0.29) is 11.9 Å². The number of nitrogen functional groups attached to an aromatic ring is 1. The second-order valence-corrected chi connectivity index (χ2v) is 5.04. The fraction of sp³-hybridized carbons (Fsp3) is 0.429. The van der Waals surface area contributed by atoms with Gasteiger partial charge in [0, 0.05) is 23.8 Å². The Morgan fingerprint density at radius 3 is 2.63 bits per heavy atom. The highest BCUT2D eigenvalue weighted by Gasteiger charge is 2.38. The highest BCUT2D eigenvalue weighted by atomic mass is 16.4. The molecule has 1 fully saturated rings. The lowest BCUT2D eigenvalue weighted by atomic mass is 10.0. The van der Waals surface area contributed by atoms with Crippen LogP contribution in [0.4, 0.5) is 5.69 Å². The van der Waals surface area contributed by atoms with Crippen LogP contribution in [0.25, 0.3) is 0 Å². The summed E-state index contributed by atoms with van der Waals surface area (Å²) < 4.78 is 0. The molecule has 5 heteroatoms. The van der Waals surface area contributed by atoms with Gasteiger partial charge in [-0.3, -0.25) is 9.59 Å². The zero-order chi connectivity index (χ0) is 14.2. The number of nitrogens with two attached hydrogens (primary N) is 1. The van der Waals surface area contributed by atoms with Crippen molar-refractivity contribution in [3.63, 3.8) is 0 Å². The molecule has 1 aromatic rings. The lowest BCUT2D eigenvalue weighted by Gasteiger charge is -2.23. The molecule has 0 radical (unpaired) electrons. The summed E-state index contributed by atoms with van der Waals surface area (Å²) in [5.74, 6) is -1.44. The van der Waals surface area contributed by atoms with E-state index in [1.807, 2.05) is 6.92 Å². The molecule has 2 atom stereocenters. The first kappa shape index (κ1) is 13.4. The average Bonchev–Trinajstić information content (AvgIpc) is 2.74. The monoisotopic (exact) mass is 262 g/mol. The van der Waals surface area contributed by atoms with Gasteiger partial charge in [-0.05, 0) is 44.0 Å². The Kier molecular flexibility index (Phi) is 3.46. The topological polar surface area (TPSA) is 83.6 Å². The summed E-state index contributed by atoms with van der Waals surface area (Å²) in [5, 5.41) is 9.08. The largest absolute Gasteiger partial charge is 0.481 e. The standard InChI is InChI=1S/C14H18N2O3/c1-8-7-10(3-4-12(8)15)13(17)16-6-5-11(9(16)2)14(18)19/h3-4,7,9,11H,5-6,15H2,1-2H3,(H,18,19). The molecule has 5 nitrogen and oxygen atoms in total. The van der Waals surface area contributed by atoms with E-state index < -0.39 is 11.9 Å². The molecule has 1 aliphatic heterocycles. The van der Waals surface area contributed by atoms with E-state index in [4.69, 9.17) is 10.8 Å². The van der Waals surface area contributed by atoms with Crippen molar-refractivity contribution >= 4 is 17.6 Å². The van der Waals surface area contributed by atoms with E-state index in [1.165, 1.54) is 0 Å². The fourth-order valence-electron chi connectivity index (χ4n) is 2.53. The van der Waals surface area contributed by atoms with Gasteiger partial charge in [0.1, 0.15) is 0 Å². The van der Waals surface area contributed by atoms with E-state index >= 15 is 0 Å². The maximum atomic E-state index is 12.4. The van der Waals surface area contributed by atoms with Crippen molar-refractivity contribution in [2.24, 2.45) is 5.92 Å². The third-order valence-corrected chi connectivity index (χ3v) is 3.85. The molecule has 3 N–H and O–H groups in total. The molecule has 19 heavy (non-hydrogen) atoms. The summed E-state index contributed by atoms with van der Waals surface area (Å²) in [6.45, 7) is 4.12. The Morgan fingerprint density at radius 2 is 2.11 bits per heavy atom. The molecule has 0 aromatic heterocycles. The first-order valence-electron chi connectivity index (χ1n) is 6.31. The molecule has 0 saturated carbocycles. The lowest BCUT2D eigenvalue weighted by molar-refractivity contribution is -0.142. The van der Waals surface area contributed by atoms with Crippen molar-refractivity contribution in [3.8, 4) is 0 Å². The maximum absolute atomic E-state index is 12.4. The number of likely N-dealkylation sites (tertiary alicyclic amines) is 1. The van der Waals surface area contributed by atoms with Crippen LogP contribution >= 0.6 is 0 Å². The van der Waals surface area contributed by atoms with Gasteiger partial charge in [0.05, 0.1) is 5.92 Å². The van der Waals surface area contributed by atoms with Gasteiger partial charge in [-0.2, -0.15) is 0 Å². The molecule has 2 unspecified atom stereocenters. The number of carboxylic acids is 1. The zero-order valence-electron chi connectivity index (χ0n) is 11.1. The summed E-state index contributed by atoms with van der Waals surface area (Å²) in [6.07, 6.45) is 0.510.